The Bertz CT molecular complexity index is 589. The van der Waals surface area contributed by atoms with E-state index in [0.717, 1.165) is 24.0 Å². The Hall–Kier alpha value is -2.21. The van der Waals surface area contributed by atoms with E-state index in [2.05, 4.69) is 15.5 Å². The van der Waals surface area contributed by atoms with Gasteiger partial charge < -0.3 is 5.32 Å². The predicted molar refractivity (Wildman–Crippen MR) is 70.3 cm³/mol. The number of rotatable bonds is 5. The van der Waals surface area contributed by atoms with E-state index in [1.54, 1.807) is 6.07 Å². The van der Waals surface area contributed by atoms with E-state index in [-0.39, 0.29) is 5.69 Å². The van der Waals surface area contributed by atoms with Gasteiger partial charge in [-0.3, -0.25) is 15.2 Å². The fraction of sp³-hybridized carbons (Fsp3) is 0.250. The molecule has 0 atom stereocenters. The summed E-state index contributed by atoms with van der Waals surface area (Å²) in [5.41, 5.74) is 1.55. The highest BCUT2D eigenvalue weighted by Crippen LogP contribution is 2.22. The molecule has 1 aromatic carbocycles. The number of nitro groups is 1. The summed E-state index contributed by atoms with van der Waals surface area (Å²) in [7, 11) is 1.90. The van der Waals surface area contributed by atoms with Crippen molar-refractivity contribution >= 4 is 22.7 Å². The minimum Gasteiger partial charge on any atom is -0.319 e. The number of nitrogens with zero attached hydrogens (tertiary/aromatic N) is 2. The Morgan fingerprint density at radius 3 is 3.11 bits per heavy atom. The van der Waals surface area contributed by atoms with E-state index in [9.17, 15) is 10.1 Å². The summed E-state index contributed by atoms with van der Waals surface area (Å²) >= 11 is 0. The highest BCUT2D eigenvalue weighted by molar-refractivity contribution is 5.88. The number of hydrogen-bond donors (Lipinski definition) is 2. The first-order chi connectivity index (χ1) is 8.72. The Morgan fingerprint density at radius 1 is 1.56 bits per heavy atom. The number of nitro benzene ring substituents is 1. The van der Waals surface area contributed by atoms with Gasteiger partial charge in [0, 0.05) is 17.5 Å². The second-order valence-corrected chi connectivity index (χ2v) is 3.89. The lowest BCUT2D eigenvalue weighted by Crippen LogP contribution is -2.05. The number of hydrogen-bond acceptors (Lipinski definition) is 4. The average molecular weight is 246 g/mol. The largest absolute Gasteiger partial charge is 0.319 e. The molecule has 0 spiro atoms. The van der Waals surface area contributed by atoms with Crippen molar-refractivity contribution in [3.05, 3.63) is 40.1 Å². The molecule has 1 heterocycles. The van der Waals surface area contributed by atoms with Crippen molar-refractivity contribution in [3.63, 3.8) is 0 Å². The van der Waals surface area contributed by atoms with Crippen LogP contribution in [0.4, 0.5) is 5.69 Å². The fourth-order valence-corrected chi connectivity index (χ4v) is 1.69. The van der Waals surface area contributed by atoms with Gasteiger partial charge in [0.2, 0.25) is 0 Å². The third kappa shape index (κ3) is 2.54. The third-order valence-electron chi connectivity index (χ3n) is 2.62. The van der Waals surface area contributed by atoms with Gasteiger partial charge >= 0.3 is 0 Å². The van der Waals surface area contributed by atoms with Gasteiger partial charge in [-0.25, -0.2) is 0 Å². The molecule has 6 heteroatoms. The zero-order valence-corrected chi connectivity index (χ0v) is 10.0. The molecule has 2 rings (SSSR count). The maximum absolute atomic E-state index is 10.6. The molecule has 0 fully saturated rings. The highest BCUT2D eigenvalue weighted by atomic mass is 16.6. The van der Waals surface area contributed by atoms with Crippen molar-refractivity contribution in [2.45, 2.75) is 6.42 Å². The van der Waals surface area contributed by atoms with Gasteiger partial charge in [-0.05, 0) is 32.2 Å². The molecule has 0 unspecified atom stereocenters. The summed E-state index contributed by atoms with van der Waals surface area (Å²) in [4.78, 5) is 10.2. The van der Waals surface area contributed by atoms with Crippen LogP contribution in [0, 0.1) is 10.1 Å². The van der Waals surface area contributed by atoms with Crippen LogP contribution in [0.25, 0.3) is 17.0 Å². The van der Waals surface area contributed by atoms with Crippen LogP contribution in [0.3, 0.4) is 0 Å². The lowest BCUT2D eigenvalue weighted by Gasteiger charge is -1.93. The molecule has 0 aliphatic rings. The molecule has 2 N–H and O–H groups in total. The first-order valence-electron chi connectivity index (χ1n) is 5.66. The van der Waals surface area contributed by atoms with Crippen LogP contribution in [0.1, 0.15) is 12.1 Å². The Morgan fingerprint density at radius 2 is 2.39 bits per heavy atom. The zero-order chi connectivity index (χ0) is 13.0. The molecule has 0 amide bonds. The molecule has 0 radical (unpaired) electrons. The smallest absolute Gasteiger partial charge is 0.271 e. The monoisotopic (exact) mass is 246 g/mol. The van der Waals surface area contributed by atoms with Crippen molar-refractivity contribution in [2.24, 2.45) is 0 Å². The molecule has 0 bridgehead atoms. The minimum absolute atomic E-state index is 0.0665. The van der Waals surface area contributed by atoms with E-state index >= 15 is 0 Å². The van der Waals surface area contributed by atoms with Crippen molar-refractivity contribution in [1.82, 2.24) is 15.5 Å². The van der Waals surface area contributed by atoms with Crippen LogP contribution in [-0.4, -0.2) is 28.7 Å². The molecule has 0 aliphatic heterocycles. The van der Waals surface area contributed by atoms with Crippen LogP contribution in [0.5, 0.6) is 0 Å². The van der Waals surface area contributed by atoms with Crippen molar-refractivity contribution < 1.29 is 4.92 Å². The quantitative estimate of drug-likeness (QED) is 0.480. The number of benzene rings is 1. The SMILES string of the molecule is CNCCC=Cc1n[nH]c2cc([N+](=O)[O-])ccc12. The molecule has 18 heavy (non-hydrogen) atoms. The highest BCUT2D eigenvalue weighted by Gasteiger charge is 2.09. The van der Waals surface area contributed by atoms with Gasteiger partial charge in [-0.1, -0.05) is 6.08 Å². The van der Waals surface area contributed by atoms with Gasteiger partial charge in [0.1, 0.15) is 0 Å². The molecule has 0 saturated carbocycles. The van der Waals surface area contributed by atoms with E-state index < -0.39 is 4.92 Å². The van der Waals surface area contributed by atoms with E-state index in [4.69, 9.17) is 0 Å². The van der Waals surface area contributed by atoms with Crippen LogP contribution in [0.2, 0.25) is 0 Å². The zero-order valence-electron chi connectivity index (χ0n) is 10.0. The minimum atomic E-state index is -0.414. The molecular formula is C12H14N4O2. The topological polar surface area (TPSA) is 83.8 Å². The number of nitrogens with one attached hydrogen (secondary N) is 2. The molecule has 1 aromatic heterocycles. The van der Waals surface area contributed by atoms with Crippen LogP contribution < -0.4 is 5.32 Å². The number of H-pyrrole nitrogens is 1. The van der Waals surface area contributed by atoms with E-state index in [1.807, 2.05) is 19.2 Å². The summed E-state index contributed by atoms with van der Waals surface area (Å²) in [6.07, 6.45) is 4.85. The second kappa shape index (κ2) is 5.42. The third-order valence-corrected chi connectivity index (χ3v) is 2.62. The Labute approximate surface area is 104 Å². The predicted octanol–water partition coefficient (Wildman–Crippen LogP) is 2.09. The van der Waals surface area contributed by atoms with Crippen molar-refractivity contribution in [1.29, 1.82) is 0 Å². The lowest BCUT2D eigenvalue weighted by molar-refractivity contribution is -0.384. The summed E-state index contributed by atoms with van der Waals surface area (Å²) in [5.74, 6) is 0. The molecular weight excluding hydrogens is 232 g/mol. The van der Waals surface area contributed by atoms with Crippen LogP contribution in [-0.2, 0) is 0 Å². The summed E-state index contributed by atoms with van der Waals surface area (Å²) in [5, 5.41) is 21.5. The molecule has 2 aromatic rings. The van der Waals surface area contributed by atoms with Crippen molar-refractivity contribution in [2.75, 3.05) is 13.6 Å². The number of fused-ring (bicyclic) bond motifs is 1. The second-order valence-electron chi connectivity index (χ2n) is 3.89. The van der Waals surface area contributed by atoms with Gasteiger partial charge in [0.25, 0.3) is 5.69 Å². The Kier molecular flexibility index (Phi) is 3.69. The summed E-state index contributed by atoms with van der Waals surface area (Å²) in [6.45, 7) is 0.907. The van der Waals surface area contributed by atoms with Crippen molar-refractivity contribution in [3.8, 4) is 0 Å². The summed E-state index contributed by atoms with van der Waals surface area (Å²) in [6, 6.07) is 4.70. The number of aromatic amines is 1. The first-order valence-corrected chi connectivity index (χ1v) is 5.66. The van der Waals surface area contributed by atoms with Gasteiger partial charge in [0.05, 0.1) is 16.1 Å². The molecule has 94 valence electrons. The number of aromatic nitrogens is 2. The maximum atomic E-state index is 10.6. The molecule has 0 aliphatic carbocycles. The standard InChI is InChI=1S/C12H14N4O2/c1-13-7-3-2-4-11-10-6-5-9(16(17)18)8-12(10)15-14-11/h2,4-6,8,13H,3,7H2,1H3,(H,14,15). The lowest BCUT2D eigenvalue weighted by atomic mass is 10.2. The number of non-ortho nitro benzene ring substituents is 1. The van der Waals surface area contributed by atoms with Gasteiger partial charge in [-0.15, -0.1) is 0 Å². The Balaban J connectivity index is 2.26. The normalized spacial score (nSPS) is 11.4. The average Bonchev–Trinajstić information content (AvgIpc) is 2.77. The fourth-order valence-electron chi connectivity index (χ4n) is 1.69. The van der Waals surface area contributed by atoms with E-state index in [0.29, 0.717) is 5.52 Å². The first kappa shape index (κ1) is 12.3. The molecule has 0 saturated heterocycles. The maximum Gasteiger partial charge on any atom is 0.271 e. The van der Waals surface area contributed by atoms with Crippen LogP contribution >= 0.6 is 0 Å². The van der Waals surface area contributed by atoms with Crippen LogP contribution in [0.15, 0.2) is 24.3 Å². The van der Waals surface area contributed by atoms with Gasteiger partial charge in [-0.2, -0.15) is 5.10 Å². The molecule has 6 nitrogen and oxygen atoms in total. The van der Waals surface area contributed by atoms with Gasteiger partial charge in [0.15, 0.2) is 0 Å². The summed E-state index contributed by atoms with van der Waals surface area (Å²) < 4.78 is 0. The van der Waals surface area contributed by atoms with E-state index in [1.165, 1.54) is 12.1 Å².